The van der Waals surface area contributed by atoms with Gasteiger partial charge in [0.1, 0.15) is 6.04 Å². The maximum absolute atomic E-state index is 13.5. The fourth-order valence-corrected chi connectivity index (χ4v) is 3.80. The largest absolute Gasteiger partial charge is 0.357 e. The summed E-state index contributed by atoms with van der Waals surface area (Å²) in [7, 11) is 1.60. The second-order valence-corrected chi connectivity index (χ2v) is 7.94. The summed E-state index contributed by atoms with van der Waals surface area (Å²) in [5.41, 5.74) is 3.80. The molecule has 1 N–H and O–H groups in total. The van der Waals surface area contributed by atoms with Crippen molar-refractivity contribution in [3.8, 4) is 0 Å². The van der Waals surface area contributed by atoms with Gasteiger partial charge in [0.15, 0.2) is 0 Å². The first kappa shape index (κ1) is 22.6. The van der Waals surface area contributed by atoms with Crippen LogP contribution in [0.4, 0.5) is 0 Å². The molecule has 4 nitrogen and oxygen atoms in total. The highest BCUT2D eigenvalue weighted by Gasteiger charge is 2.30. The lowest BCUT2D eigenvalue weighted by Gasteiger charge is -2.31. The molecule has 0 aliphatic carbocycles. The molecule has 2 amide bonds. The van der Waals surface area contributed by atoms with Crippen molar-refractivity contribution in [1.29, 1.82) is 0 Å². The number of hydrogen-bond donors (Lipinski definition) is 1. The standard InChI is InChI=1S/C26H27ClN2O2/c1-19-10-6-7-13-21(19)17-25(30)29(18-22-14-8-9-15-23(22)27)24(26(31)28-2)16-20-11-4-3-5-12-20/h3-15,24H,16-18H2,1-2H3,(H,28,31)/t24-/m1/s1. The zero-order valence-electron chi connectivity index (χ0n) is 17.8. The van der Waals surface area contributed by atoms with Gasteiger partial charge in [-0.3, -0.25) is 9.59 Å². The van der Waals surface area contributed by atoms with Gasteiger partial charge in [-0.2, -0.15) is 0 Å². The van der Waals surface area contributed by atoms with Crippen molar-refractivity contribution in [3.05, 3.63) is 106 Å². The minimum atomic E-state index is -0.653. The lowest BCUT2D eigenvalue weighted by molar-refractivity contribution is -0.140. The number of likely N-dealkylation sites (N-methyl/N-ethyl adjacent to an activating group) is 1. The number of nitrogens with one attached hydrogen (secondary N) is 1. The number of hydrogen-bond acceptors (Lipinski definition) is 2. The van der Waals surface area contributed by atoms with E-state index >= 15 is 0 Å². The SMILES string of the molecule is CNC(=O)[C@@H](Cc1ccccc1)N(Cc1ccccc1Cl)C(=O)Cc1ccccc1C. The highest BCUT2D eigenvalue weighted by atomic mass is 35.5. The Kier molecular flexibility index (Phi) is 7.85. The van der Waals surface area contributed by atoms with Crippen LogP contribution in [0.1, 0.15) is 22.3 Å². The van der Waals surface area contributed by atoms with Gasteiger partial charge in [-0.1, -0.05) is 84.4 Å². The summed E-state index contributed by atoms with van der Waals surface area (Å²) in [5.74, 6) is -0.312. The van der Waals surface area contributed by atoms with Crippen molar-refractivity contribution < 1.29 is 9.59 Å². The first-order valence-electron chi connectivity index (χ1n) is 10.3. The van der Waals surface area contributed by atoms with Crippen molar-refractivity contribution in [2.24, 2.45) is 0 Å². The molecule has 0 aliphatic rings. The van der Waals surface area contributed by atoms with E-state index in [1.165, 1.54) is 0 Å². The number of benzene rings is 3. The maximum atomic E-state index is 13.5. The molecule has 3 rings (SSSR count). The van der Waals surface area contributed by atoms with E-state index in [1.807, 2.05) is 79.7 Å². The summed E-state index contributed by atoms with van der Waals surface area (Å²) in [6.45, 7) is 2.25. The molecule has 3 aromatic rings. The molecule has 0 saturated carbocycles. The molecular formula is C26H27ClN2O2. The van der Waals surface area contributed by atoms with E-state index in [2.05, 4.69) is 5.32 Å². The Morgan fingerprint density at radius 1 is 0.903 bits per heavy atom. The highest BCUT2D eigenvalue weighted by Crippen LogP contribution is 2.21. The molecule has 0 radical (unpaired) electrons. The van der Waals surface area contributed by atoms with E-state index in [4.69, 9.17) is 11.6 Å². The molecule has 0 unspecified atom stereocenters. The predicted octanol–water partition coefficient (Wildman–Crippen LogP) is 4.58. The molecule has 0 saturated heterocycles. The molecule has 160 valence electrons. The number of halogens is 1. The number of rotatable bonds is 8. The third-order valence-corrected chi connectivity index (χ3v) is 5.79. The number of carbonyl (C=O) groups excluding carboxylic acids is 2. The minimum absolute atomic E-state index is 0.112. The quantitative estimate of drug-likeness (QED) is 0.564. The average Bonchev–Trinajstić information content (AvgIpc) is 2.79. The molecule has 5 heteroatoms. The Morgan fingerprint density at radius 2 is 1.52 bits per heavy atom. The van der Waals surface area contributed by atoms with E-state index in [9.17, 15) is 9.59 Å². The molecule has 1 atom stereocenters. The van der Waals surface area contributed by atoms with Crippen molar-refractivity contribution >= 4 is 23.4 Å². The van der Waals surface area contributed by atoms with Crippen LogP contribution in [-0.4, -0.2) is 29.8 Å². The summed E-state index contributed by atoms with van der Waals surface area (Å²) in [6, 6.07) is 24.3. The molecule has 3 aromatic carbocycles. The molecule has 0 bridgehead atoms. The van der Waals surface area contributed by atoms with Gasteiger partial charge in [0.2, 0.25) is 11.8 Å². The zero-order chi connectivity index (χ0) is 22.2. The molecule has 0 heterocycles. The first-order valence-corrected chi connectivity index (χ1v) is 10.7. The van der Waals surface area contributed by atoms with Gasteiger partial charge in [-0.25, -0.2) is 0 Å². The molecule has 0 spiro atoms. The van der Waals surface area contributed by atoms with Gasteiger partial charge in [-0.05, 0) is 35.2 Å². The summed E-state index contributed by atoms with van der Waals surface area (Å²) in [5, 5.41) is 3.31. The van der Waals surface area contributed by atoms with Crippen LogP contribution >= 0.6 is 11.6 Å². The third kappa shape index (κ3) is 5.96. The lowest BCUT2D eigenvalue weighted by Crippen LogP contribution is -2.50. The Balaban J connectivity index is 1.97. The topological polar surface area (TPSA) is 49.4 Å². The number of aryl methyl sites for hydroxylation is 1. The Morgan fingerprint density at radius 3 is 2.16 bits per heavy atom. The van der Waals surface area contributed by atoms with Gasteiger partial charge in [0, 0.05) is 25.0 Å². The molecular weight excluding hydrogens is 408 g/mol. The third-order valence-electron chi connectivity index (χ3n) is 5.42. The van der Waals surface area contributed by atoms with Crippen LogP contribution in [0.3, 0.4) is 0 Å². The Hall–Kier alpha value is -3.11. The summed E-state index contributed by atoms with van der Waals surface area (Å²) < 4.78 is 0. The number of nitrogens with zero attached hydrogens (tertiary/aromatic N) is 1. The zero-order valence-corrected chi connectivity index (χ0v) is 18.6. The predicted molar refractivity (Wildman–Crippen MR) is 125 cm³/mol. The molecule has 0 aromatic heterocycles. The van der Waals surface area contributed by atoms with E-state index < -0.39 is 6.04 Å². The second-order valence-electron chi connectivity index (χ2n) is 7.54. The maximum Gasteiger partial charge on any atom is 0.242 e. The lowest BCUT2D eigenvalue weighted by atomic mass is 10.0. The highest BCUT2D eigenvalue weighted by molar-refractivity contribution is 6.31. The van der Waals surface area contributed by atoms with Crippen molar-refractivity contribution in [1.82, 2.24) is 10.2 Å². The van der Waals surface area contributed by atoms with E-state index in [1.54, 1.807) is 18.0 Å². The monoisotopic (exact) mass is 434 g/mol. The molecule has 31 heavy (non-hydrogen) atoms. The van der Waals surface area contributed by atoms with Gasteiger partial charge < -0.3 is 10.2 Å². The number of amides is 2. The van der Waals surface area contributed by atoms with Gasteiger partial charge in [-0.15, -0.1) is 0 Å². The summed E-state index contributed by atoms with van der Waals surface area (Å²) in [4.78, 5) is 28.1. The van der Waals surface area contributed by atoms with Crippen LogP contribution in [0.15, 0.2) is 78.9 Å². The normalized spacial score (nSPS) is 11.6. The fraction of sp³-hybridized carbons (Fsp3) is 0.231. The van der Waals surface area contributed by atoms with E-state index in [0.29, 0.717) is 11.4 Å². The Labute approximate surface area is 188 Å². The van der Waals surface area contributed by atoms with Crippen molar-refractivity contribution in [3.63, 3.8) is 0 Å². The van der Waals surface area contributed by atoms with Gasteiger partial charge in [0.25, 0.3) is 0 Å². The summed E-state index contributed by atoms with van der Waals surface area (Å²) in [6.07, 6.45) is 0.643. The van der Waals surface area contributed by atoms with Gasteiger partial charge >= 0.3 is 0 Å². The minimum Gasteiger partial charge on any atom is -0.357 e. The van der Waals surface area contributed by atoms with Crippen LogP contribution in [-0.2, 0) is 29.0 Å². The smallest absolute Gasteiger partial charge is 0.242 e. The Bertz CT molecular complexity index is 1040. The van der Waals surface area contributed by atoms with E-state index in [-0.39, 0.29) is 24.8 Å². The molecule has 0 aliphatic heterocycles. The van der Waals surface area contributed by atoms with Crippen LogP contribution in [0.5, 0.6) is 0 Å². The van der Waals surface area contributed by atoms with Crippen LogP contribution < -0.4 is 5.32 Å². The van der Waals surface area contributed by atoms with Crippen molar-refractivity contribution in [2.45, 2.75) is 32.4 Å². The average molecular weight is 435 g/mol. The van der Waals surface area contributed by atoms with E-state index in [0.717, 1.165) is 22.3 Å². The fourth-order valence-electron chi connectivity index (χ4n) is 3.60. The van der Waals surface area contributed by atoms with Crippen LogP contribution in [0, 0.1) is 6.92 Å². The summed E-state index contributed by atoms with van der Waals surface area (Å²) >= 11 is 6.40. The first-order chi connectivity index (χ1) is 15.0. The van der Waals surface area contributed by atoms with Gasteiger partial charge in [0.05, 0.1) is 6.42 Å². The second kappa shape index (κ2) is 10.8. The van der Waals surface area contributed by atoms with Crippen LogP contribution in [0.2, 0.25) is 5.02 Å². The van der Waals surface area contributed by atoms with Crippen molar-refractivity contribution in [2.75, 3.05) is 7.05 Å². The number of carbonyl (C=O) groups is 2. The molecule has 0 fully saturated rings. The van der Waals surface area contributed by atoms with Crippen LogP contribution in [0.25, 0.3) is 0 Å².